The highest BCUT2D eigenvalue weighted by Gasteiger charge is 2.47. The molecule has 3 atom stereocenters. The molecule has 1 saturated heterocycles. The van der Waals surface area contributed by atoms with Crippen molar-refractivity contribution < 1.29 is 0 Å². The van der Waals surface area contributed by atoms with Gasteiger partial charge in [0.05, 0.1) is 29.4 Å². The van der Waals surface area contributed by atoms with Gasteiger partial charge in [0.2, 0.25) is 0 Å². The zero-order valence-electron chi connectivity index (χ0n) is 13.6. The molecule has 3 heterocycles. The van der Waals surface area contributed by atoms with Crippen LogP contribution in [0.5, 0.6) is 0 Å². The highest BCUT2D eigenvalue weighted by Crippen LogP contribution is 2.46. The summed E-state index contributed by atoms with van der Waals surface area (Å²) in [6, 6.07) is 14.9. The molecule has 5 rings (SSSR count). The quantitative estimate of drug-likeness (QED) is 0.689. The predicted octanol–water partition coefficient (Wildman–Crippen LogP) is 4.39. The zero-order valence-corrected chi connectivity index (χ0v) is 14.4. The van der Waals surface area contributed by atoms with Crippen LogP contribution in [-0.4, -0.2) is 22.2 Å². The Labute approximate surface area is 151 Å². The van der Waals surface area contributed by atoms with Crippen molar-refractivity contribution in [3.05, 3.63) is 53.8 Å². The molecule has 124 valence electrons. The molecule has 3 unspecified atom stereocenters. The van der Waals surface area contributed by atoms with Crippen LogP contribution >= 0.6 is 11.6 Å². The van der Waals surface area contributed by atoms with Gasteiger partial charge >= 0.3 is 0 Å². The number of anilines is 1. The lowest BCUT2D eigenvalue weighted by Crippen LogP contribution is -2.33. The lowest BCUT2D eigenvalue weighted by molar-refractivity contribution is 0.532. The first kappa shape index (κ1) is 14.8. The van der Waals surface area contributed by atoms with E-state index in [1.54, 1.807) is 0 Å². The van der Waals surface area contributed by atoms with Crippen molar-refractivity contribution in [1.29, 1.82) is 5.26 Å². The van der Waals surface area contributed by atoms with Gasteiger partial charge in [0.25, 0.3) is 0 Å². The maximum atomic E-state index is 9.54. The van der Waals surface area contributed by atoms with Gasteiger partial charge in [-0.3, -0.25) is 0 Å². The van der Waals surface area contributed by atoms with E-state index in [2.05, 4.69) is 22.1 Å². The molecule has 1 aliphatic heterocycles. The van der Waals surface area contributed by atoms with Gasteiger partial charge in [0.1, 0.15) is 0 Å². The minimum absolute atomic E-state index is 0.155. The molecule has 2 bridgehead atoms. The predicted molar refractivity (Wildman–Crippen MR) is 98.6 cm³/mol. The topological polar surface area (TPSA) is 44.3 Å². The Morgan fingerprint density at radius 1 is 1.16 bits per heavy atom. The molecule has 3 aromatic rings. The first-order valence-electron chi connectivity index (χ1n) is 8.65. The summed E-state index contributed by atoms with van der Waals surface area (Å²) in [6.07, 6.45) is 6.17. The van der Waals surface area contributed by atoms with Crippen LogP contribution in [0, 0.1) is 23.2 Å². The minimum Gasteiger partial charge on any atom is -0.365 e. The second kappa shape index (κ2) is 5.50. The Kier molecular flexibility index (Phi) is 3.26. The number of nitriles is 1. The van der Waals surface area contributed by atoms with Gasteiger partial charge in [0.15, 0.2) is 0 Å². The van der Waals surface area contributed by atoms with Crippen molar-refractivity contribution in [1.82, 2.24) is 9.61 Å². The molecule has 0 radical (unpaired) electrons. The van der Waals surface area contributed by atoms with E-state index >= 15 is 0 Å². The SMILES string of the molecule is N#CC1C2CCC1N(c1cccn3ncc(-c4ccc(Cl)cc4)c13)C2. The maximum Gasteiger partial charge on any atom is 0.0973 e. The number of benzene rings is 1. The lowest BCUT2D eigenvalue weighted by atomic mass is 10.0. The number of hydrogen-bond acceptors (Lipinski definition) is 3. The van der Waals surface area contributed by atoms with Crippen molar-refractivity contribution in [2.75, 3.05) is 11.4 Å². The highest BCUT2D eigenvalue weighted by molar-refractivity contribution is 6.30. The Bertz CT molecular complexity index is 985. The van der Waals surface area contributed by atoms with Gasteiger partial charge in [0, 0.05) is 29.4 Å². The van der Waals surface area contributed by atoms with Crippen molar-refractivity contribution in [3.63, 3.8) is 0 Å². The van der Waals surface area contributed by atoms with Crippen LogP contribution in [0.3, 0.4) is 0 Å². The third-order valence-corrected chi connectivity index (χ3v) is 5.97. The molecule has 4 nitrogen and oxygen atoms in total. The third kappa shape index (κ3) is 2.16. The van der Waals surface area contributed by atoms with Crippen LogP contribution in [0.4, 0.5) is 5.69 Å². The van der Waals surface area contributed by atoms with Gasteiger partial charge in [-0.15, -0.1) is 0 Å². The molecule has 0 amide bonds. The summed E-state index contributed by atoms with van der Waals surface area (Å²) in [5.74, 6) is 0.652. The number of pyridine rings is 1. The lowest BCUT2D eigenvalue weighted by Gasteiger charge is -2.30. The summed E-state index contributed by atoms with van der Waals surface area (Å²) in [5.41, 5.74) is 4.49. The number of hydrogen-bond donors (Lipinski definition) is 0. The summed E-state index contributed by atoms with van der Waals surface area (Å²) in [7, 11) is 0. The number of fused-ring (bicyclic) bond motifs is 3. The fourth-order valence-electron chi connectivity index (χ4n) is 4.57. The second-order valence-electron chi connectivity index (χ2n) is 6.96. The molecular formula is C20H17ClN4. The van der Waals surface area contributed by atoms with Crippen LogP contribution in [0.25, 0.3) is 16.6 Å². The molecule has 0 N–H and O–H groups in total. The number of halogens is 1. The Morgan fingerprint density at radius 2 is 2.00 bits per heavy atom. The molecule has 1 aromatic carbocycles. The molecular weight excluding hydrogens is 332 g/mol. The first-order valence-corrected chi connectivity index (χ1v) is 9.02. The van der Waals surface area contributed by atoms with Crippen molar-refractivity contribution in [2.45, 2.75) is 18.9 Å². The van der Waals surface area contributed by atoms with Gasteiger partial charge in [-0.1, -0.05) is 23.7 Å². The van der Waals surface area contributed by atoms with Gasteiger partial charge in [-0.05, 0) is 48.6 Å². The van der Waals surface area contributed by atoms with E-state index in [0.717, 1.165) is 34.6 Å². The maximum absolute atomic E-state index is 9.54. The molecule has 2 fully saturated rings. The average molecular weight is 349 g/mol. The highest BCUT2D eigenvalue weighted by atomic mass is 35.5. The van der Waals surface area contributed by atoms with Crippen LogP contribution in [0.1, 0.15) is 12.8 Å². The molecule has 25 heavy (non-hydrogen) atoms. The van der Waals surface area contributed by atoms with Gasteiger partial charge in [-0.2, -0.15) is 10.4 Å². The van der Waals surface area contributed by atoms with Crippen molar-refractivity contribution in [3.8, 4) is 17.2 Å². The van der Waals surface area contributed by atoms with E-state index in [4.69, 9.17) is 11.6 Å². The zero-order chi connectivity index (χ0) is 17.0. The molecule has 2 aliphatic rings. The monoisotopic (exact) mass is 348 g/mol. The second-order valence-corrected chi connectivity index (χ2v) is 7.40. The van der Waals surface area contributed by atoms with E-state index in [-0.39, 0.29) is 5.92 Å². The van der Waals surface area contributed by atoms with E-state index in [1.165, 1.54) is 12.1 Å². The summed E-state index contributed by atoms with van der Waals surface area (Å²) in [4.78, 5) is 2.43. The van der Waals surface area contributed by atoms with Crippen LogP contribution in [-0.2, 0) is 0 Å². The van der Waals surface area contributed by atoms with E-state index in [9.17, 15) is 5.26 Å². The summed E-state index contributed by atoms with van der Waals surface area (Å²) in [5, 5.41) is 14.8. The average Bonchev–Trinajstić information content (AvgIpc) is 3.34. The number of aromatic nitrogens is 2. The fraction of sp³-hybridized carbons (Fsp3) is 0.300. The van der Waals surface area contributed by atoms with Gasteiger partial charge in [-0.25, -0.2) is 4.52 Å². The van der Waals surface area contributed by atoms with E-state index in [0.29, 0.717) is 12.0 Å². The summed E-state index contributed by atoms with van der Waals surface area (Å²) in [6.45, 7) is 0.966. The van der Waals surface area contributed by atoms with Crippen LogP contribution in [0.2, 0.25) is 5.02 Å². The normalized spacial score (nSPS) is 24.8. The summed E-state index contributed by atoms with van der Waals surface area (Å²) >= 11 is 6.04. The summed E-state index contributed by atoms with van der Waals surface area (Å²) < 4.78 is 1.94. The molecule has 5 heteroatoms. The largest absolute Gasteiger partial charge is 0.365 e. The van der Waals surface area contributed by atoms with Crippen molar-refractivity contribution in [2.24, 2.45) is 11.8 Å². The molecule has 0 spiro atoms. The minimum atomic E-state index is 0.155. The Morgan fingerprint density at radius 3 is 2.76 bits per heavy atom. The first-order chi connectivity index (χ1) is 12.3. The standard InChI is InChI=1S/C20H17ClN4/c21-15-6-3-13(4-7-15)17-11-23-25-9-1-2-19(20(17)25)24-12-14-5-8-18(24)16(14)10-22/h1-4,6-7,9,11,14,16,18H,5,8,12H2. The third-order valence-electron chi connectivity index (χ3n) is 5.72. The Balaban J connectivity index is 1.66. The smallest absolute Gasteiger partial charge is 0.0973 e. The fourth-order valence-corrected chi connectivity index (χ4v) is 4.69. The number of piperidine rings is 1. The van der Waals surface area contributed by atoms with Crippen LogP contribution in [0.15, 0.2) is 48.8 Å². The number of rotatable bonds is 2. The van der Waals surface area contributed by atoms with E-state index < -0.39 is 0 Å². The Hall–Kier alpha value is -2.51. The van der Waals surface area contributed by atoms with E-state index in [1.807, 2.05) is 47.2 Å². The van der Waals surface area contributed by atoms with Crippen LogP contribution < -0.4 is 4.90 Å². The molecule has 1 aliphatic carbocycles. The number of nitrogens with zero attached hydrogens (tertiary/aromatic N) is 4. The van der Waals surface area contributed by atoms with Gasteiger partial charge < -0.3 is 4.90 Å². The van der Waals surface area contributed by atoms with Crippen molar-refractivity contribution >= 4 is 22.8 Å². The molecule has 1 saturated carbocycles. The molecule has 2 aromatic heterocycles.